The quantitative estimate of drug-likeness (QED) is 0.576. The molecule has 22 heavy (non-hydrogen) atoms. The molecule has 0 amide bonds. The second kappa shape index (κ2) is 7.28. The fourth-order valence-corrected chi connectivity index (χ4v) is 2.23. The number of aliphatic carboxylic acids is 1. The van der Waals surface area contributed by atoms with E-state index in [4.69, 9.17) is 14.4 Å². The highest BCUT2D eigenvalue weighted by Crippen LogP contribution is 2.29. The first-order valence-corrected chi connectivity index (χ1v) is 6.91. The largest absolute Gasteiger partial charge is 0.544 e. The van der Waals surface area contributed by atoms with Crippen LogP contribution in [0, 0.1) is 18.3 Å². The molecule has 0 bridgehead atoms. The van der Waals surface area contributed by atoms with Crippen molar-refractivity contribution in [3.63, 3.8) is 0 Å². The predicted molar refractivity (Wildman–Crippen MR) is 75.4 cm³/mol. The summed E-state index contributed by atoms with van der Waals surface area (Å²) in [6, 6.07) is 8.59. The number of carboxylic acids is 1. The molecule has 0 aliphatic rings. The van der Waals surface area contributed by atoms with E-state index in [1.54, 1.807) is 31.2 Å². The van der Waals surface area contributed by atoms with Gasteiger partial charge in [-0.2, -0.15) is 5.26 Å². The number of nitriles is 1. The number of nitrogens with zero attached hydrogens (tertiary/aromatic N) is 3. The maximum atomic E-state index is 11.3. The van der Waals surface area contributed by atoms with Gasteiger partial charge in [-0.05, 0) is 23.9 Å². The minimum atomic E-state index is -1.38. The molecule has 0 N–H and O–H groups in total. The van der Waals surface area contributed by atoms with Gasteiger partial charge in [0.25, 0.3) is 5.22 Å². The molecule has 0 fully saturated rings. The Hall–Kier alpha value is -2.79. The SMILES string of the molecule is Cc1nnc(S/C(=C\c2ccccc2OCC#N)C(=O)[O-])o1. The Balaban J connectivity index is 2.30. The number of hydrogen-bond donors (Lipinski definition) is 0. The minimum absolute atomic E-state index is 0.100. The third kappa shape index (κ3) is 4.10. The van der Waals surface area contributed by atoms with Crippen molar-refractivity contribution in [2.75, 3.05) is 6.61 Å². The van der Waals surface area contributed by atoms with Crippen molar-refractivity contribution in [2.24, 2.45) is 0 Å². The van der Waals surface area contributed by atoms with E-state index in [0.29, 0.717) is 17.2 Å². The Bertz CT molecular complexity index is 749. The number of carboxylic acid groups (broad SMARTS) is 1. The number of carbonyl (C=O) groups excluding carboxylic acids is 1. The van der Waals surface area contributed by atoms with Crippen LogP contribution in [0.4, 0.5) is 0 Å². The predicted octanol–water partition coefficient (Wildman–Crippen LogP) is 1.16. The van der Waals surface area contributed by atoms with Crippen LogP contribution in [-0.4, -0.2) is 22.8 Å². The van der Waals surface area contributed by atoms with Gasteiger partial charge in [0.2, 0.25) is 5.89 Å². The van der Waals surface area contributed by atoms with E-state index in [9.17, 15) is 9.90 Å². The molecule has 2 aromatic rings. The monoisotopic (exact) mass is 316 g/mol. The zero-order chi connectivity index (χ0) is 15.9. The van der Waals surface area contributed by atoms with Crippen LogP contribution in [-0.2, 0) is 4.79 Å². The maximum absolute atomic E-state index is 11.3. The number of aromatic nitrogens is 2. The summed E-state index contributed by atoms with van der Waals surface area (Å²) in [5.74, 6) is -0.654. The van der Waals surface area contributed by atoms with Gasteiger partial charge in [-0.3, -0.25) is 0 Å². The zero-order valence-electron chi connectivity index (χ0n) is 11.5. The summed E-state index contributed by atoms with van der Waals surface area (Å²) in [7, 11) is 0. The van der Waals surface area contributed by atoms with Gasteiger partial charge in [0.1, 0.15) is 11.8 Å². The first kappa shape index (κ1) is 15.6. The number of aryl methyl sites for hydroxylation is 1. The van der Waals surface area contributed by atoms with Gasteiger partial charge in [-0.25, -0.2) is 0 Å². The molecule has 0 aliphatic carbocycles. The van der Waals surface area contributed by atoms with Crippen LogP contribution in [0.15, 0.2) is 38.8 Å². The van der Waals surface area contributed by atoms with Gasteiger partial charge in [-0.1, -0.05) is 18.2 Å². The van der Waals surface area contributed by atoms with Crippen LogP contribution in [0.3, 0.4) is 0 Å². The van der Waals surface area contributed by atoms with E-state index in [0.717, 1.165) is 11.8 Å². The summed E-state index contributed by atoms with van der Waals surface area (Å²) >= 11 is 0.783. The van der Waals surface area contributed by atoms with Gasteiger partial charge in [0.05, 0.1) is 5.97 Å². The summed E-state index contributed by atoms with van der Waals surface area (Å²) in [6.07, 6.45) is 1.37. The molecule has 1 aromatic heterocycles. The number of carbonyl (C=O) groups is 1. The van der Waals surface area contributed by atoms with E-state index in [-0.39, 0.29) is 16.7 Å². The lowest BCUT2D eigenvalue weighted by Gasteiger charge is -2.09. The molecule has 0 unspecified atom stereocenters. The Morgan fingerprint density at radius 2 is 2.27 bits per heavy atom. The molecule has 0 radical (unpaired) electrons. The summed E-state index contributed by atoms with van der Waals surface area (Å²) in [5.41, 5.74) is 0.501. The van der Waals surface area contributed by atoms with E-state index in [2.05, 4.69) is 10.2 Å². The number of hydrogen-bond acceptors (Lipinski definition) is 8. The van der Waals surface area contributed by atoms with Gasteiger partial charge in [0, 0.05) is 17.4 Å². The standard InChI is InChI=1S/C14H11N3O4S/c1-9-16-17-14(21-9)22-12(13(18)19)8-10-4-2-3-5-11(10)20-7-6-15/h2-5,8H,7H2,1H3,(H,18,19)/p-1/b12-8-. The Labute approximate surface area is 130 Å². The molecule has 0 saturated carbocycles. The van der Waals surface area contributed by atoms with Gasteiger partial charge < -0.3 is 19.1 Å². The van der Waals surface area contributed by atoms with Crippen LogP contribution in [0.25, 0.3) is 6.08 Å². The molecular formula is C14H10N3O4S-. The van der Waals surface area contributed by atoms with Crippen LogP contribution in [0.2, 0.25) is 0 Å². The smallest absolute Gasteiger partial charge is 0.281 e. The second-order valence-electron chi connectivity index (χ2n) is 3.97. The first-order valence-electron chi connectivity index (χ1n) is 6.10. The summed E-state index contributed by atoms with van der Waals surface area (Å²) < 4.78 is 10.4. The molecule has 1 heterocycles. The van der Waals surface area contributed by atoms with Crippen molar-refractivity contribution in [1.29, 1.82) is 5.26 Å². The lowest BCUT2D eigenvalue weighted by atomic mass is 10.2. The molecule has 112 valence electrons. The molecule has 0 aliphatic heterocycles. The average Bonchev–Trinajstić information content (AvgIpc) is 2.90. The number of thioether (sulfide) groups is 1. The minimum Gasteiger partial charge on any atom is -0.544 e. The van der Waals surface area contributed by atoms with Crippen LogP contribution in [0.5, 0.6) is 5.75 Å². The van der Waals surface area contributed by atoms with E-state index in [1.807, 2.05) is 6.07 Å². The molecule has 1 aromatic carbocycles. The fourth-order valence-electron chi connectivity index (χ4n) is 1.53. The number of ether oxygens (including phenoxy) is 1. The summed E-state index contributed by atoms with van der Waals surface area (Å²) in [5, 5.41) is 27.3. The third-order valence-electron chi connectivity index (χ3n) is 2.40. The normalized spacial score (nSPS) is 11.0. The Kier molecular flexibility index (Phi) is 5.16. The van der Waals surface area contributed by atoms with Gasteiger partial charge in [-0.15, -0.1) is 10.2 Å². The zero-order valence-corrected chi connectivity index (χ0v) is 12.3. The Morgan fingerprint density at radius 3 is 2.91 bits per heavy atom. The molecule has 0 spiro atoms. The van der Waals surface area contributed by atoms with Gasteiger partial charge >= 0.3 is 0 Å². The molecule has 8 heteroatoms. The fraction of sp³-hybridized carbons (Fsp3) is 0.143. The van der Waals surface area contributed by atoms with E-state index in [1.165, 1.54) is 6.08 Å². The van der Waals surface area contributed by atoms with E-state index >= 15 is 0 Å². The van der Waals surface area contributed by atoms with Crippen molar-refractivity contribution < 1.29 is 19.1 Å². The van der Waals surface area contributed by atoms with Crippen LogP contribution in [0.1, 0.15) is 11.5 Å². The number of rotatable bonds is 6. The Morgan fingerprint density at radius 1 is 1.50 bits per heavy atom. The van der Waals surface area contributed by atoms with Crippen LogP contribution < -0.4 is 9.84 Å². The highest BCUT2D eigenvalue weighted by atomic mass is 32.2. The average molecular weight is 316 g/mol. The molecule has 7 nitrogen and oxygen atoms in total. The first-order chi connectivity index (χ1) is 10.6. The van der Waals surface area contributed by atoms with Crippen molar-refractivity contribution in [1.82, 2.24) is 10.2 Å². The number of para-hydroxylation sites is 1. The van der Waals surface area contributed by atoms with Gasteiger partial charge in [0.15, 0.2) is 6.61 Å². The molecule has 0 saturated heterocycles. The highest BCUT2D eigenvalue weighted by Gasteiger charge is 2.10. The molecule has 0 atom stereocenters. The van der Waals surface area contributed by atoms with E-state index < -0.39 is 5.97 Å². The van der Waals surface area contributed by atoms with Crippen molar-refractivity contribution in [2.45, 2.75) is 12.1 Å². The lowest BCUT2D eigenvalue weighted by molar-refractivity contribution is -0.298. The topological polar surface area (TPSA) is 112 Å². The maximum Gasteiger partial charge on any atom is 0.281 e. The van der Waals surface area contributed by atoms with Crippen molar-refractivity contribution in [3.8, 4) is 11.8 Å². The van der Waals surface area contributed by atoms with Crippen LogP contribution >= 0.6 is 11.8 Å². The number of benzene rings is 1. The summed E-state index contributed by atoms with van der Waals surface area (Å²) in [6.45, 7) is 1.46. The summed E-state index contributed by atoms with van der Waals surface area (Å²) in [4.78, 5) is 11.1. The van der Waals surface area contributed by atoms with Crippen molar-refractivity contribution in [3.05, 3.63) is 40.6 Å². The third-order valence-corrected chi connectivity index (χ3v) is 3.25. The highest BCUT2D eigenvalue weighted by molar-refractivity contribution is 8.03. The molecular weight excluding hydrogens is 306 g/mol. The lowest BCUT2D eigenvalue weighted by Crippen LogP contribution is -2.23. The second-order valence-corrected chi connectivity index (χ2v) is 4.96. The molecule has 2 rings (SSSR count). The van der Waals surface area contributed by atoms with Crippen molar-refractivity contribution >= 4 is 23.8 Å².